The van der Waals surface area contributed by atoms with Gasteiger partial charge in [-0.1, -0.05) is 49.1 Å². The lowest BCUT2D eigenvalue weighted by molar-refractivity contribution is -0.132. The van der Waals surface area contributed by atoms with Crippen molar-refractivity contribution in [3.8, 4) is 11.5 Å². The van der Waals surface area contributed by atoms with Crippen molar-refractivity contribution in [2.24, 2.45) is 0 Å². The zero-order valence-electron chi connectivity index (χ0n) is 20.3. The van der Waals surface area contributed by atoms with Gasteiger partial charge < -0.3 is 14.8 Å². The Kier molecular flexibility index (Phi) is 7.68. The van der Waals surface area contributed by atoms with Crippen LogP contribution in [-0.4, -0.2) is 48.4 Å². The van der Waals surface area contributed by atoms with Gasteiger partial charge in [-0.05, 0) is 44.0 Å². The molecule has 0 aromatic heterocycles. The van der Waals surface area contributed by atoms with Crippen LogP contribution in [0.1, 0.15) is 43.2 Å². The smallest absolute Gasteiger partial charge is 0.331 e. The molecule has 1 aliphatic heterocycles. The Balaban J connectivity index is 1.57. The first-order valence-electron chi connectivity index (χ1n) is 11.9. The molecule has 0 radical (unpaired) electrons. The van der Waals surface area contributed by atoms with Crippen LogP contribution < -0.4 is 20.1 Å². The maximum absolute atomic E-state index is 13.2. The molecule has 1 heterocycles. The van der Waals surface area contributed by atoms with E-state index < -0.39 is 17.8 Å². The number of nitrogens with one attached hydrogen (secondary N) is 2. The predicted octanol–water partition coefficient (Wildman–Crippen LogP) is 3.82. The molecule has 2 aliphatic rings. The topological polar surface area (TPSA) is 114 Å². The average Bonchev–Trinajstić information content (AvgIpc) is 2.87. The van der Waals surface area contributed by atoms with E-state index in [1.807, 2.05) is 19.1 Å². The average molecular weight is 492 g/mol. The molecular weight excluding hydrogens is 462 g/mol. The van der Waals surface area contributed by atoms with Crippen molar-refractivity contribution in [1.29, 1.82) is 0 Å². The number of hydrogen-bond acceptors (Lipinski definition) is 6. The number of imide groups is 2. The van der Waals surface area contributed by atoms with Crippen LogP contribution in [-0.2, 0) is 14.4 Å². The zero-order chi connectivity index (χ0) is 25.7. The fraction of sp³-hybridized carbons (Fsp3) is 0.333. The van der Waals surface area contributed by atoms with E-state index in [9.17, 15) is 19.2 Å². The van der Waals surface area contributed by atoms with E-state index in [1.165, 1.54) is 13.2 Å². The highest BCUT2D eigenvalue weighted by Gasteiger charge is 2.40. The zero-order valence-corrected chi connectivity index (χ0v) is 20.3. The van der Waals surface area contributed by atoms with Crippen molar-refractivity contribution in [2.75, 3.05) is 19.0 Å². The maximum Gasteiger partial charge on any atom is 0.331 e. The largest absolute Gasteiger partial charge is 0.493 e. The summed E-state index contributed by atoms with van der Waals surface area (Å²) in [5.74, 6) is -1.27. The van der Waals surface area contributed by atoms with Crippen LogP contribution in [0.3, 0.4) is 0 Å². The molecular formula is C27H29N3O6. The summed E-state index contributed by atoms with van der Waals surface area (Å²) in [4.78, 5) is 52.0. The van der Waals surface area contributed by atoms with Gasteiger partial charge in [-0.3, -0.25) is 24.6 Å². The van der Waals surface area contributed by atoms with Crippen LogP contribution in [0.15, 0.2) is 48.0 Å². The molecule has 4 rings (SSSR count). The number of aryl methyl sites for hydroxylation is 1. The standard InChI is InChI=1S/C27H29N3O6/c1-17-11-13-19(14-12-17)28-23(31)16-36-24-18(7-6-10-22(24)35-2)15-21-25(32)29-27(34)30(26(21)33)20-8-4-3-5-9-20/h6-7,10-15,20H,3-5,8-9,16H2,1-2H3,(H,28,31)(H,29,32,34). The van der Waals surface area contributed by atoms with Crippen LogP contribution >= 0.6 is 0 Å². The molecule has 36 heavy (non-hydrogen) atoms. The lowest BCUT2D eigenvalue weighted by Gasteiger charge is -2.35. The lowest BCUT2D eigenvalue weighted by atomic mass is 9.93. The predicted molar refractivity (Wildman–Crippen MR) is 134 cm³/mol. The Morgan fingerprint density at radius 3 is 2.50 bits per heavy atom. The van der Waals surface area contributed by atoms with Crippen molar-refractivity contribution in [2.45, 2.75) is 45.1 Å². The highest BCUT2D eigenvalue weighted by Crippen LogP contribution is 2.34. The van der Waals surface area contributed by atoms with Gasteiger partial charge in [-0.2, -0.15) is 0 Å². The quantitative estimate of drug-likeness (QED) is 0.450. The number of ether oxygens (including phenoxy) is 2. The summed E-state index contributed by atoms with van der Waals surface area (Å²) < 4.78 is 11.2. The molecule has 2 fully saturated rings. The number of para-hydroxylation sites is 1. The Bertz CT molecular complexity index is 1200. The van der Waals surface area contributed by atoms with Crippen LogP contribution in [0.5, 0.6) is 11.5 Å². The number of benzene rings is 2. The minimum Gasteiger partial charge on any atom is -0.493 e. The van der Waals surface area contributed by atoms with Crippen molar-refractivity contribution >= 4 is 35.5 Å². The first kappa shape index (κ1) is 25.0. The van der Waals surface area contributed by atoms with Crippen LogP contribution in [0.25, 0.3) is 6.08 Å². The second kappa shape index (κ2) is 11.1. The molecule has 0 spiro atoms. The molecule has 1 aliphatic carbocycles. The highest BCUT2D eigenvalue weighted by atomic mass is 16.5. The summed E-state index contributed by atoms with van der Waals surface area (Å²) >= 11 is 0. The summed E-state index contributed by atoms with van der Waals surface area (Å²) in [7, 11) is 1.45. The number of anilines is 1. The third-order valence-corrected chi connectivity index (χ3v) is 6.28. The lowest BCUT2D eigenvalue weighted by Crippen LogP contribution is -2.58. The Hall–Kier alpha value is -4.14. The normalized spacial score (nSPS) is 17.7. The summed E-state index contributed by atoms with van der Waals surface area (Å²) in [6, 6.07) is 11.4. The van der Waals surface area contributed by atoms with Gasteiger partial charge in [0.2, 0.25) is 0 Å². The van der Waals surface area contributed by atoms with Gasteiger partial charge in [0.15, 0.2) is 18.1 Å². The van der Waals surface area contributed by atoms with E-state index in [1.54, 1.807) is 30.3 Å². The molecule has 1 saturated carbocycles. The summed E-state index contributed by atoms with van der Waals surface area (Å²) in [5.41, 5.74) is 1.89. The molecule has 5 amide bonds. The molecule has 0 bridgehead atoms. The van der Waals surface area contributed by atoms with Crippen molar-refractivity contribution < 1.29 is 28.7 Å². The molecule has 9 nitrogen and oxygen atoms in total. The third kappa shape index (κ3) is 5.56. The number of nitrogens with zero attached hydrogens (tertiary/aromatic N) is 1. The molecule has 1 saturated heterocycles. The van der Waals surface area contributed by atoms with Crippen molar-refractivity contribution in [3.63, 3.8) is 0 Å². The SMILES string of the molecule is COc1cccc(C=C2C(=O)NC(=O)N(C3CCCCC3)C2=O)c1OCC(=O)Nc1ccc(C)cc1. The number of barbiturate groups is 1. The molecule has 2 N–H and O–H groups in total. The Labute approximate surface area is 209 Å². The number of hydrogen-bond donors (Lipinski definition) is 2. The van der Waals surface area contributed by atoms with Gasteiger partial charge in [-0.25, -0.2) is 4.79 Å². The number of carbonyl (C=O) groups is 4. The number of amides is 5. The second-order valence-corrected chi connectivity index (χ2v) is 8.87. The molecule has 188 valence electrons. The van der Waals surface area contributed by atoms with E-state index in [0.29, 0.717) is 29.8 Å². The van der Waals surface area contributed by atoms with Crippen LogP contribution in [0.2, 0.25) is 0 Å². The van der Waals surface area contributed by atoms with Gasteiger partial charge in [0.25, 0.3) is 17.7 Å². The summed E-state index contributed by atoms with van der Waals surface area (Å²) in [5, 5.41) is 5.04. The van der Waals surface area contributed by atoms with Gasteiger partial charge in [0, 0.05) is 17.3 Å². The number of carbonyl (C=O) groups excluding carboxylic acids is 4. The fourth-order valence-electron chi connectivity index (χ4n) is 4.43. The van der Waals surface area contributed by atoms with E-state index in [4.69, 9.17) is 9.47 Å². The second-order valence-electron chi connectivity index (χ2n) is 8.87. The number of rotatable bonds is 7. The highest BCUT2D eigenvalue weighted by molar-refractivity contribution is 6.31. The Morgan fingerprint density at radius 1 is 1.08 bits per heavy atom. The third-order valence-electron chi connectivity index (χ3n) is 6.28. The van der Waals surface area contributed by atoms with E-state index >= 15 is 0 Å². The van der Waals surface area contributed by atoms with E-state index in [0.717, 1.165) is 29.7 Å². The summed E-state index contributed by atoms with van der Waals surface area (Å²) in [6.07, 6.45) is 5.70. The van der Waals surface area contributed by atoms with Gasteiger partial charge in [-0.15, -0.1) is 0 Å². The molecule has 2 aromatic rings. The minimum absolute atomic E-state index is 0.178. The first-order chi connectivity index (χ1) is 17.4. The molecule has 9 heteroatoms. The van der Waals surface area contributed by atoms with Crippen molar-refractivity contribution in [1.82, 2.24) is 10.2 Å². The van der Waals surface area contributed by atoms with Crippen LogP contribution in [0.4, 0.5) is 10.5 Å². The fourth-order valence-corrected chi connectivity index (χ4v) is 4.43. The van der Waals surface area contributed by atoms with Crippen molar-refractivity contribution in [3.05, 3.63) is 59.2 Å². The monoisotopic (exact) mass is 491 g/mol. The van der Waals surface area contributed by atoms with E-state index in [2.05, 4.69) is 10.6 Å². The summed E-state index contributed by atoms with van der Waals surface area (Å²) in [6.45, 7) is 1.63. The van der Waals surface area contributed by atoms with Gasteiger partial charge in [0.1, 0.15) is 5.57 Å². The van der Waals surface area contributed by atoms with Crippen LogP contribution in [0, 0.1) is 6.92 Å². The van der Waals surface area contributed by atoms with Gasteiger partial charge >= 0.3 is 6.03 Å². The Morgan fingerprint density at radius 2 is 1.81 bits per heavy atom. The molecule has 2 aromatic carbocycles. The molecule has 0 unspecified atom stereocenters. The maximum atomic E-state index is 13.2. The first-order valence-corrected chi connectivity index (χ1v) is 11.9. The number of methoxy groups -OCH3 is 1. The van der Waals surface area contributed by atoms with E-state index in [-0.39, 0.29) is 29.9 Å². The van der Waals surface area contributed by atoms with Gasteiger partial charge in [0.05, 0.1) is 7.11 Å². The number of urea groups is 1. The minimum atomic E-state index is -0.775. The molecule has 0 atom stereocenters.